The summed E-state index contributed by atoms with van der Waals surface area (Å²) in [5.74, 6) is -0.785. The number of hydrogen-bond donors (Lipinski definition) is 1. The van der Waals surface area contributed by atoms with Gasteiger partial charge >= 0.3 is 5.97 Å². The third-order valence-electron chi connectivity index (χ3n) is 3.45. The SMILES string of the molecule is O=C(O)C1c2ccsc2CCN1Cc1cncc(Br)c1. The van der Waals surface area contributed by atoms with Crippen LogP contribution in [-0.2, 0) is 17.8 Å². The van der Waals surface area contributed by atoms with Crippen LogP contribution in [0.15, 0.2) is 34.4 Å². The van der Waals surface area contributed by atoms with Gasteiger partial charge in [0, 0.05) is 34.8 Å². The molecule has 1 aliphatic rings. The van der Waals surface area contributed by atoms with Crippen LogP contribution in [-0.4, -0.2) is 27.5 Å². The first-order valence-corrected chi connectivity index (χ1v) is 7.95. The van der Waals surface area contributed by atoms with Gasteiger partial charge < -0.3 is 5.11 Å². The maximum atomic E-state index is 11.6. The standard InChI is InChI=1S/C14H13BrN2O2S/c15-10-5-9(6-16-7-10)8-17-3-1-12-11(2-4-20-12)13(17)14(18)19/h2,4-7,13H,1,3,8H2,(H,18,19). The summed E-state index contributed by atoms with van der Waals surface area (Å²) in [4.78, 5) is 19.0. The summed E-state index contributed by atoms with van der Waals surface area (Å²) >= 11 is 5.04. The van der Waals surface area contributed by atoms with Crippen LogP contribution in [0.5, 0.6) is 0 Å². The van der Waals surface area contributed by atoms with E-state index < -0.39 is 12.0 Å². The van der Waals surface area contributed by atoms with Crippen molar-refractivity contribution in [1.29, 1.82) is 0 Å². The number of carboxylic acid groups (broad SMARTS) is 1. The number of carboxylic acids is 1. The van der Waals surface area contributed by atoms with E-state index in [9.17, 15) is 9.90 Å². The lowest BCUT2D eigenvalue weighted by molar-refractivity contribution is -0.144. The number of hydrogen-bond acceptors (Lipinski definition) is 4. The molecule has 0 aromatic carbocycles. The molecule has 0 saturated heterocycles. The van der Waals surface area contributed by atoms with E-state index >= 15 is 0 Å². The van der Waals surface area contributed by atoms with Gasteiger partial charge in [0.05, 0.1) is 0 Å². The molecule has 1 N–H and O–H groups in total. The first-order valence-electron chi connectivity index (χ1n) is 6.27. The first-order chi connectivity index (χ1) is 9.65. The van der Waals surface area contributed by atoms with E-state index in [-0.39, 0.29) is 0 Å². The van der Waals surface area contributed by atoms with Crippen molar-refractivity contribution in [1.82, 2.24) is 9.88 Å². The minimum absolute atomic E-state index is 0.552. The molecule has 3 rings (SSSR count). The predicted molar refractivity (Wildman–Crippen MR) is 80.7 cm³/mol. The van der Waals surface area contributed by atoms with Crippen molar-refractivity contribution in [3.63, 3.8) is 0 Å². The Balaban J connectivity index is 1.88. The summed E-state index contributed by atoms with van der Waals surface area (Å²) in [7, 11) is 0. The van der Waals surface area contributed by atoms with Gasteiger partial charge in [-0.2, -0.15) is 0 Å². The zero-order valence-electron chi connectivity index (χ0n) is 10.6. The Morgan fingerprint density at radius 2 is 2.40 bits per heavy atom. The molecule has 0 bridgehead atoms. The minimum Gasteiger partial charge on any atom is -0.480 e. The van der Waals surface area contributed by atoms with Gasteiger partial charge in [0.15, 0.2) is 0 Å². The second kappa shape index (κ2) is 5.63. The maximum absolute atomic E-state index is 11.6. The highest BCUT2D eigenvalue weighted by atomic mass is 79.9. The fourth-order valence-corrected chi connectivity index (χ4v) is 3.92. The third-order valence-corrected chi connectivity index (χ3v) is 4.88. The molecule has 0 amide bonds. The van der Waals surface area contributed by atoms with Crippen LogP contribution in [0, 0.1) is 0 Å². The Labute approximate surface area is 129 Å². The minimum atomic E-state index is -0.785. The molecule has 1 unspecified atom stereocenters. The van der Waals surface area contributed by atoms with Gasteiger partial charge in [-0.25, -0.2) is 0 Å². The zero-order valence-corrected chi connectivity index (χ0v) is 13.0. The lowest BCUT2D eigenvalue weighted by Crippen LogP contribution is -2.38. The summed E-state index contributed by atoms with van der Waals surface area (Å²) in [5, 5.41) is 11.5. The van der Waals surface area contributed by atoms with Gasteiger partial charge in [0.2, 0.25) is 0 Å². The lowest BCUT2D eigenvalue weighted by atomic mass is 9.99. The molecule has 2 aromatic rings. The van der Waals surface area contributed by atoms with Crippen molar-refractivity contribution >= 4 is 33.2 Å². The van der Waals surface area contributed by atoms with Crippen molar-refractivity contribution in [2.24, 2.45) is 0 Å². The summed E-state index contributed by atoms with van der Waals surface area (Å²) in [6, 6.07) is 3.36. The molecule has 3 heterocycles. The maximum Gasteiger partial charge on any atom is 0.325 e. The van der Waals surface area contributed by atoms with Gasteiger partial charge in [-0.1, -0.05) is 0 Å². The highest BCUT2D eigenvalue weighted by molar-refractivity contribution is 9.10. The monoisotopic (exact) mass is 352 g/mol. The van der Waals surface area contributed by atoms with Gasteiger partial charge in [-0.3, -0.25) is 14.7 Å². The van der Waals surface area contributed by atoms with Crippen molar-refractivity contribution < 1.29 is 9.90 Å². The molecule has 6 heteroatoms. The summed E-state index contributed by atoms with van der Waals surface area (Å²) in [6.07, 6.45) is 4.43. The topological polar surface area (TPSA) is 53.4 Å². The molecule has 4 nitrogen and oxygen atoms in total. The number of aliphatic carboxylic acids is 1. The van der Waals surface area contributed by atoms with E-state index in [1.807, 2.05) is 22.4 Å². The number of aromatic nitrogens is 1. The van der Waals surface area contributed by atoms with E-state index in [1.54, 1.807) is 23.7 Å². The Morgan fingerprint density at radius 1 is 1.55 bits per heavy atom. The second-order valence-electron chi connectivity index (χ2n) is 4.77. The molecule has 2 aromatic heterocycles. The Kier molecular flexibility index (Phi) is 3.87. The molecule has 0 spiro atoms. The van der Waals surface area contributed by atoms with Gasteiger partial charge in [-0.05, 0) is 51.0 Å². The molecule has 1 aliphatic heterocycles. The van der Waals surface area contributed by atoms with Gasteiger partial charge in [0.25, 0.3) is 0 Å². The third kappa shape index (κ3) is 2.63. The highest BCUT2D eigenvalue weighted by Gasteiger charge is 2.33. The van der Waals surface area contributed by atoms with Crippen LogP contribution in [0.4, 0.5) is 0 Å². The molecule has 0 fully saturated rings. The number of nitrogens with zero attached hydrogens (tertiary/aromatic N) is 2. The van der Waals surface area contributed by atoms with E-state index in [4.69, 9.17) is 0 Å². The van der Waals surface area contributed by atoms with Crippen molar-refractivity contribution in [2.75, 3.05) is 6.54 Å². The fourth-order valence-electron chi connectivity index (χ4n) is 2.60. The number of thiophene rings is 1. The molecular weight excluding hydrogens is 340 g/mol. The largest absolute Gasteiger partial charge is 0.480 e. The predicted octanol–water partition coefficient (Wildman–Crippen LogP) is 3.09. The Morgan fingerprint density at radius 3 is 3.15 bits per heavy atom. The molecule has 0 radical (unpaired) electrons. The van der Waals surface area contributed by atoms with Crippen molar-refractivity contribution in [3.8, 4) is 0 Å². The normalized spacial score (nSPS) is 18.8. The lowest BCUT2D eigenvalue weighted by Gasteiger charge is -2.33. The van der Waals surface area contributed by atoms with Crippen molar-refractivity contribution in [2.45, 2.75) is 19.0 Å². The summed E-state index contributed by atoms with van der Waals surface area (Å²) < 4.78 is 0.912. The van der Waals surface area contributed by atoms with E-state index in [0.29, 0.717) is 6.54 Å². The van der Waals surface area contributed by atoms with Crippen LogP contribution < -0.4 is 0 Å². The molecule has 20 heavy (non-hydrogen) atoms. The fraction of sp³-hybridized carbons (Fsp3) is 0.286. The Hall–Kier alpha value is -1.24. The van der Waals surface area contributed by atoms with E-state index in [0.717, 1.165) is 28.6 Å². The van der Waals surface area contributed by atoms with Crippen LogP contribution in [0.1, 0.15) is 22.0 Å². The Bertz CT molecular complexity index is 644. The van der Waals surface area contributed by atoms with Crippen molar-refractivity contribution in [3.05, 3.63) is 50.4 Å². The quantitative estimate of drug-likeness (QED) is 0.921. The number of fused-ring (bicyclic) bond motifs is 1. The molecule has 0 aliphatic carbocycles. The average molecular weight is 353 g/mol. The smallest absolute Gasteiger partial charge is 0.325 e. The summed E-state index contributed by atoms with van der Waals surface area (Å²) in [5.41, 5.74) is 1.96. The van der Waals surface area contributed by atoms with Crippen LogP contribution in [0.3, 0.4) is 0 Å². The number of rotatable bonds is 3. The second-order valence-corrected chi connectivity index (χ2v) is 6.69. The number of carbonyl (C=O) groups is 1. The summed E-state index contributed by atoms with van der Waals surface area (Å²) in [6.45, 7) is 1.36. The average Bonchev–Trinajstić information content (AvgIpc) is 2.86. The molecule has 0 saturated carbocycles. The van der Waals surface area contributed by atoms with Crippen LogP contribution in [0.25, 0.3) is 0 Å². The molecular formula is C14H13BrN2O2S. The van der Waals surface area contributed by atoms with Crippen LogP contribution in [0.2, 0.25) is 0 Å². The highest BCUT2D eigenvalue weighted by Crippen LogP contribution is 2.34. The van der Waals surface area contributed by atoms with Gasteiger partial charge in [-0.15, -0.1) is 11.3 Å². The molecule has 104 valence electrons. The number of pyridine rings is 1. The number of halogens is 1. The van der Waals surface area contributed by atoms with E-state index in [1.165, 1.54) is 4.88 Å². The molecule has 1 atom stereocenters. The zero-order chi connectivity index (χ0) is 14.1. The van der Waals surface area contributed by atoms with E-state index in [2.05, 4.69) is 20.9 Å². The first kappa shape index (κ1) is 13.7. The van der Waals surface area contributed by atoms with Crippen LogP contribution >= 0.6 is 27.3 Å². The van der Waals surface area contributed by atoms with Gasteiger partial charge in [0.1, 0.15) is 6.04 Å².